The zero-order valence-electron chi connectivity index (χ0n) is 11.3. The molecule has 20 heavy (non-hydrogen) atoms. The Hall–Kier alpha value is -2.01. The third-order valence-electron chi connectivity index (χ3n) is 3.09. The molecule has 0 unspecified atom stereocenters. The van der Waals surface area contributed by atoms with Gasteiger partial charge in [-0.3, -0.25) is 0 Å². The smallest absolute Gasteiger partial charge is 0.868 e. The summed E-state index contributed by atoms with van der Waals surface area (Å²) in [5, 5.41) is 14.0. The van der Waals surface area contributed by atoms with Gasteiger partial charge in [0.05, 0.1) is 0 Å². The van der Waals surface area contributed by atoms with Gasteiger partial charge in [0.25, 0.3) is 0 Å². The van der Waals surface area contributed by atoms with Gasteiger partial charge >= 0.3 is 18.9 Å². The first-order valence-corrected chi connectivity index (χ1v) is 6.18. The summed E-state index contributed by atoms with van der Waals surface area (Å²) in [6, 6.07) is 21.2. The van der Waals surface area contributed by atoms with Gasteiger partial charge in [0.15, 0.2) is 11.9 Å². The summed E-state index contributed by atoms with van der Waals surface area (Å²) in [4.78, 5) is 3.08. The summed E-state index contributed by atoms with van der Waals surface area (Å²) in [5.41, 5.74) is 1.66. The van der Waals surface area contributed by atoms with E-state index in [9.17, 15) is 5.11 Å². The molecule has 0 aliphatic rings. The van der Waals surface area contributed by atoms with Crippen molar-refractivity contribution < 1.29 is 29.0 Å². The van der Waals surface area contributed by atoms with Crippen molar-refractivity contribution in [2.45, 2.75) is 0 Å². The van der Waals surface area contributed by atoms with Crippen LogP contribution in [0.4, 0.5) is 5.69 Å². The van der Waals surface area contributed by atoms with Gasteiger partial charge in [-0.2, -0.15) is 0 Å². The van der Waals surface area contributed by atoms with Crippen LogP contribution in [-0.2, 0) is 0 Å². The molecule has 3 aromatic rings. The van der Waals surface area contributed by atoms with Crippen LogP contribution in [0.3, 0.4) is 0 Å². The third kappa shape index (κ3) is 2.93. The minimum atomic E-state index is -0.000938. The fourth-order valence-electron chi connectivity index (χ4n) is 2.12. The Bertz CT molecular complexity index is 747. The van der Waals surface area contributed by atoms with Crippen molar-refractivity contribution in [2.24, 2.45) is 0 Å². The first-order valence-electron chi connectivity index (χ1n) is 6.18. The van der Waals surface area contributed by atoms with E-state index in [-0.39, 0.29) is 24.6 Å². The quantitative estimate of drug-likeness (QED) is 0.450. The Labute approximate surface area is 130 Å². The zero-order chi connectivity index (χ0) is 13.1. The number of benzene rings is 3. The van der Waals surface area contributed by atoms with Crippen LogP contribution in [0.15, 0.2) is 66.7 Å². The Morgan fingerprint density at radius 1 is 0.800 bits per heavy atom. The predicted octanol–water partition coefficient (Wildman–Crippen LogP) is -1.25. The molecule has 2 nitrogen and oxygen atoms in total. The van der Waals surface area contributed by atoms with E-state index in [4.69, 9.17) is 0 Å². The van der Waals surface area contributed by atoms with Gasteiger partial charge in [-0.15, -0.1) is 0 Å². The van der Waals surface area contributed by atoms with Gasteiger partial charge in [-0.1, -0.05) is 54.6 Å². The summed E-state index contributed by atoms with van der Waals surface area (Å²) in [6.45, 7) is 0. The van der Waals surface area contributed by atoms with Crippen molar-refractivity contribution in [3.63, 3.8) is 0 Å². The molecule has 3 aromatic carbocycles. The first kappa shape index (κ1) is 14.4. The Balaban J connectivity index is 0.00000147. The fraction of sp³-hybridized carbons (Fsp3) is 0. The summed E-state index contributed by atoms with van der Waals surface area (Å²) < 4.78 is 0. The standard InChI is InChI=1S/C17H13NO.Li/c19-17-11-4-3-10-16(17)18-12-14-8-5-7-13-6-1-2-9-15(13)14;/h1-12,19H;/q;+1. The molecule has 0 aliphatic carbocycles. The van der Waals surface area contributed by atoms with Crippen LogP contribution in [0, 0.1) is 0 Å². The van der Waals surface area contributed by atoms with Gasteiger partial charge in [0.2, 0.25) is 0 Å². The van der Waals surface area contributed by atoms with Gasteiger partial charge in [-0.05, 0) is 22.6 Å². The number of hydrogen-bond donors (Lipinski definition) is 1. The van der Waals surface area contributed by atoms with E-state index in [1.54, 1.807) is 18.2 Å². The fourth-order valence-corrected chi connectivity index (χ4v) is 2.12. The van der Waals surface area contributed by atoms with E-state index < -0.39 is 0 Å². The van der Waals surface area contributed by atoms with Crippen molar-refractivity contribution >= 4 is 22.7 Å². The topological polar surface area (TPSA) is 37.0 Å². The van der Waals surface area contributed by atoms with Crippen molar-refractivity contribution in [3.05, 3.63) is 72.3 Å². The van der Waals surface area contributed by atoms with Crippen LogP contribution >= 0.6 is 0 Å². The molecule has 3 rings (SSSR count). The zero-order valence-corrected chi connectivity index (χ0v) is 11.3. The number of para-hydroxylation sites is 2. The summed E-state index contributed by atoms with van der Waals surface area (Å²) >= 11 is 0. The van der Waals surface area contributed by atoms with Gasteiger partial charge in [-0.25, -0.2) is 4.99 Å². The maximum atomic E-state index is 11.6. The second-order valence-corrected chi connectivity index (χ2v) is 4.35. The molecule has 1 N–H and O–H groups in total. The molecule has 0 spiro atoms. The van der Waals surface area contributed by atoms with Crippen LogP contribution in [-0.4, -0.2) is 6.21 Å². The Kier molecular flexibility index (Phi) is 4.63. The average Bonchev–Trinajstić information content (AvgIpc) is 2.46. The number of rotatable bonds is 2. The molecule has 92 valence electrons. The molecule has 0 bridgehead atoms. The van der Waals surface area contributed by atoms with E-state index in [0.717, 1.165) is 5.56 Å². The van der Waals surface area contributed by atoms with Gasteiger partial charge in [0, 0.05) is 11.6 Å². The van der Waals surface area contributed by atoms with Crippen molar-refractivity contribution in [2.75, 3.05) is 0 Å². The largest absolute Gasteiger partial charge is 1.00 e. The van der Waals surface area contributed by atoms with Crippen molar-refractivity contribution in [3.8, 4) is 5.75 Å². The molecule has 3 heteroatoms. The molecular formula is C17H13LiNO+. The number of hydrogen-bond acceptors (Lipinski definition) is 1. The second kappa shape index (κ2) is 6.43. The summed E-state index contributed by atoms with van der Waals surface area (Å²) in [6.07, 6.45) is 1.87. The van der Waals surface area contributed by atoms with Crippen LogP contribution in [0.2, 0.25) is 0 Å². The summed E-state index contributed by atoms with van der Waals surface area (Å²) in [5.74, 6) is -0.000938. The second-order valence-electron chi connectivity index (χ2n) is 4.35. The summed E-state index contributed by atoms with van der Waals surface area (Å²) in [7, 11) is 0. The molecule has 0 saturated heterocycles. The van der Waals surface area contributed by atoms with Crippen LogP contribution in [0.5, 0.6) is 5.75 Å². The van der Waals surface area contributed by atoms with Gasteiger partial charge in [0.1, 0.15) is 0 Å². The minimum Gasteiger partial charge on any atom is -0.868 e. The van der Waals surface area contributed by atoms with E-state index in [0.29, 0.717) is 5.69 Å². The van der Waals surface area contributed by atoms with Crippen molar-refractivity contribution in [1.29, 1.82) is 0 Å². The first-order chi connectivity index (χ1) is 9.34. The maximum absolute atomic E-state index is 11.6. The predicted molar refractivity (Wildman–Crippen MR) is 75.6 cm³/mol. The molecule has 0 aromatic heterocycles. The molecule has 0 radical (unpaired) electrons. The molecular weight excluding hydrogens is 241 g/mol. The van der Waals surface area contributed by atoms with Crippen molar-refractivity contribution in [1.82, 2.24) is 0 Å². The van der Waals surface area contributed by atoms with Crippen LogP contribution in [0.25, 0.3) is 10.8 Å². The SMILES string of the molecule is [Li+].[O-]c1ccccc1[NH+]=Cc1cccc2ccccc12. The number of fused-ring (bicyclic) bond motifs is 1. The Morgan fingerprint density at radius 3 is 2.35 bits per heavy atom. The van der Waals surface area contributed by atoms with E-state index in [2.05, 4.69) is 23.2 Å². The average molecular weight is 254 g/mol. The van der Waals surface area contributed by atoms with Gasteiger partial charge < -0.3 is 5.11 Å². The minimum absolute atomic E-state index is 0. The molecule has 0 fully saturated rings. The molecule has 0 heterocycles. The van der Waals surface area contributed by atoms with E-state index in [1.165, 1.54) is 10.8 Å². The molecule has 0 atom stereocenters. The van der Waals surface area contributed by atoms with Crippen LogP contribution < -0.4 is 29.0 Å². The molecule has 0 aliphatic heterocycles. The number of nitrogens with one attached hydrogen (secondary N) is 1. The molecule has 0 amide bonds. The van der Waals surface area contributed by atoms with E-state index in [1.807, 2.05) is 36.5 Å². The maximum Gasteiger partial charge on any atom is 1.00 e. The normalized spacial score (nSPS) is 10.6. The van der Waals surface area contributed by atoms with E-state index >= 15 is 0 Å². The monoisotopic (exact) mass is 254 g/mol. The Morgan fingerprint density at radius 2 is 1.50 bits per heavy atom. The van der Waals surface area contributed by atoms with Crippen LogP contribution in [0.1, 0.15) is 5.56 Å². The molecule has 0 saturated carbocycles. The third-order valence-corrected chi connectivity index (χ3v) is 3.09.